The average Bonchev–Trinajstić information content (AvgIpc) is 2.54. The van der Waals surface area contributed by atoms with Crippen molar-refractivity contribution in [2.75, 3.05) is 0 Å². The van der Waals surface area contributed by atoms with Crippen molar-refractivity contribution in [2.24, 2.45) is 11.8 Å². The summed E-state index contributed by atoms with van der Waals surface area (Å²) in [6, 6.07) is 0. The summed E-state index contributed by atoms with van der Waals surface area (Å²) in [5.74, 6) is 1.58. The third kappa shape index (κ3) is 1.80. The average molecular weight is 194 g/mol. The smallest absolute Gasteiger partial charge is 0.0915 e. The zero-order valence-corrected chi connectivity index (χ0v) is 10.7. The Balaban J connectivity index is 2.90. The SMILES string of the molecule is CC(C)C(C)(C(C)C)[SiH]1C=CC=C1. The van der Waals surface area contributed by atoms with Gasteiger partial charge >= 0.3 is 0 Å². The largest absolute Gasteiger partial charge is 0.0930 e. The molecule has 0 N–H and O–H groups in total. The quantitative estimate of drug-likeness (QED) is 0.603. The van der Waals surface area contributed by atoms with Crippen LogP contribution in [0.4, 0.5) is 0 Å². The second-order valence-corrected chi connectivity index (χ2v) is 8.04. The van der Waals surface area contributed by atoms with Crippen molar-refractivity contribution in [2.45, 2.75) is 39.7 Å². The molecule has 0 aliphatic carbocycles. The monoisotopic (exact) mass is 194 g/mol. The fourth-order valence-corrected chi connectivity index (χ4v) is 5.52. The lowest BCUT2D eigenvalue weighted by Crippen LogP contribution is -2.35. The van der Waals surface area contributed by atoms with Crippen LogP contribution in [0.2, 0.25) is 5.04 Å². The Bertz CT molecular complexity index is 203. The maximum absolute atomic E-state index is 2.47. The molecule has 1 heteroatoms. The van der Waals surface area contributed by atoms with E-state index in [1.807, 2.05) is 0 Å². The van der Waals surface area contributed by atoms with Crippen LogP contribution in [0, 0.1) is 11.8 Å². The molecule has 13 heavy (non-hydrogen) atoms. The van der Waals surface area contributed by atoms with Crippen LogP contribution in [0.3, 0.4) is 0 Å². The number of hydrogen-bond donors (Lipinski definition) is 0. The third-order valence-electron chi connectivity index (χ3n) is 3.95. The molecule has 1 rings (SSSR count). The highest BCUT2D eigenvalue weighted by Crippen LogP contribution is 2.46. The van der Waals surface area contributed by atoms with Gasteiger partial charge in [-0.2, -0.15) is 0 Å². The summed E-state index contributed by atoms with van der Waals surface area (Å²) < 4.78 is 0. The van der Waals surface area contributed by atoms with E-state index < -0.39 is 8.80 Å². The molecule has 1 aliphatic heterocycles. The van der Waals surface area contributed by atoms with Crippen LogP contribution in [0.5, 0.6) is 0 Å². The molecule has 0 saturated heterocycles. The van der Waals surface area contributed by atoms with E-state index in [0.29, 0.717) is 5.04 Å². The van der Waals surface area contributed by atoms with Crippen LogP contribution in [0.15, 0.2) is 23.6 Å². The molecule has 0 aromatic carbocycles. The van der Waals surface area contributed by atoms with Gasteiger partial charge in [-0.25, -0.2) is 0 Å². The summed E-state index contributed by atoms with van der Waals surface area (Å²) in [5.41, 5.74) is 4.94. The van der Waals surface area contributed by atoms with Crippen LogP contribution < -0.4 is 0 Å². The lowest BCUT2D eigenvalue weighted by Gasteiger charge is -2.41. The highest BCUT2D eigenvalue weighted by molar-refractivity contribution is 6.73. The van der Waals surface area contributed by atoms with Crippen molar-refractivity contribution in [1.82, 2.24) is 0 Å². The first-order chi connectivity index (χ1) is 5.99. The Hall–Kier alpha value is -0.303. The van der Waals surface area contributed by atoms with E-state index in [0.717, 1.165) is 11.8 Å². The summed E-state index contributed by atoms with van der Waals surface area (Å²) in [5, 5.41) is 0.545. The molecule has 0 radical (unpaired) electrons. The summed E-state index contributed by atoms with van der Waals surface area (Å²) in [6.45, 7) is 11.9. The van der Waals surface area contributed by atoms with Gasteiger partial charge in [0.25, 0.3) is 0 Å². The molecule has 0 aromatic heterocycles. The number of hydrogen-bond acceptors (Lipinski definition) is 0. The molecule has 74 valence electrons. The van der Waals surface area contributed by atoms with E-state index in [1.165, 1.54) is 0 Å². The zero-order valence-electron chi connectivity index (χ0n) is 9.54. The van der Waals surface area contributed by atoms with Crippen molar-refractivity contribution in [3.05, 3.63) is 23.6 Å². The lowest BCUT2D eigenvalue weighted by molar-refractivity contribution is 0.332. The Morgan fingerprint density at radius 3 is 1.62 bits per heavy atom. The molecular formula is C12H22Si. The first-order valence-electron chi connectivity index (χ1n) is 5.34. The molecular weight excluding hydrogens is 172 g/mol. The second kappa shape index (κ2) is 3.83. The van der Waals surface area contributed by atoms with E-state index >= 15 is 0 Å². The Morgan fingerprint density at radius 1 is 0.923 bits per heavy atom. The van der Waals surface area contributed by atoms with Crippen molar-refractivity contribution in [3.8, 4) is 0 Å². The molecule has 0 unspecified atom stereocenters. The Morgan fingerprint density at radius 2 is 1.31 bits per heavy atom. The van der Waals surface area contributed by atoms with Crippen molar-refractivity contribution >= 4 is 8.80 Å². The molecule has 0 aromatic rings. The van der Waals surface area contributed by atoms with Crippen LogP contribution in [0.1, 0.15) is 34.6 Å². The van der Waals surface area contributed by atoms with Gasteiger partial charge in [0.05, 0.1) is 8.80 Å². The third-order valence-corrected chi connectivity index (χ3v) is 8.00. The van der Waals surface area contributed by atoms with Crippen LogP contribution in [0.25, 0.3) is 0 Å². The van der Waals surface area contributed by atoms with E-state index in [2.05, 4.69) is 58.2 Å². The maximum atomic E-state index is 2.47. The van der Waals surface area contributed by atoms with Gasteiger partial charge in [0.1, 0.15) is 0 Å². The van der Waals surface area contributed by atoms with Gasteiger partial charge in [0.15, 0.2) is 0 Å². The second-order valence-electron chi connectivity index (χ2n) is 4.97. The normalized spacial score (nSPS) is 18.1. The Labute approximate surface area is 84.3 Å². The fourth-order valence-electron chi connectivity index (χ4n) is 2.28. The molecule has 0 saturated carbocycles. The topological polar surface area (TPSA) is 0 Å². The number of rotatable bonds is 3. The zero-order chi connectivity index (χ0) is 10.1. The van der Waals surface area contributed by atoms with Gasteiger partial charge in [-0.3, -0.25) is 0 Å². The minimum Gasteiger partial charge on any atom is -0.0930 e. The van der Waals surface area contributed by atoms with E-state index in [9.17, 15) is 0 Å². The van der Waals surface area contributed by atoms with Gasteiger partial charge in [-0.15, -0.1) is 0 Å². The minimum atomic E-state index is -0.788. The molecule has 1 aliphatic rings. The van der Waals surface area contributed by atoms with Gasteiger partial charge in [-0.1, -0.05) is 58.2 Å². The van der Waals surface area contributed by atoms with Gasteiger partial charge < -0.3 is 0 Å². The van der Waals surface area contributed by atoms with Gasteiger partial charge in [0, 0.05) is 0 Å². The molecule has 0 bridgehead atoms. The van der Waals surface area contributed by atoms with Crippen LogP contribution in [-0.2, 0) is 0 Å². The highest BCUT2D eigenvalue weighted by Gasteiger charge is 2.38. The van der Waals surface area contributed by atoms with Gasteiger partial charge in [-0.05, 0) is 16.9 Å². The summed E-state index contributed by atoms with van der Waals surface area (Å²) in [4.78, 5) is 0. The molecule has 1 heterocycles. The van der Waals surface area contributed by atoms with E-state index in [4.69, 9.17) is 0 Å². The fraction of sp³-hybridized carbons (Fsp3) is 0.667. The highest BCUT2D eigenvalue weighted by atomic mass is 28.3. The van der Waals surface area contributed by atoms with Crippen LogP contribution in [-0.4, -0.2) is 8.80 Å². The number of allylic oxidation sites excluding steroid dienone is 2. The molecule has 0 spiro atoms. The van der Waals surface area contributed by atoms with Crippen LogP contribution >= 0.6 is 0 Å². The predicted molar refractivity (Wildman–Crippen MR) is 63.5 cm³/mol. The molecule has 0 amide bonds. The predicted octanol–water partition coefficient (Wildman–Crippen LogP) is 3.49. The van der Waals surface area contributed by atoms with Crippen molar-refractivity contribution in [1.29, 1.82) is 0 Å². The van der Waals surface area contributed by atoms with E-state index in [-0.39, 0.29) is 0 Å². The summed E-state index contributed by atoms with van der Waals surface area (Å²) in [7, 11) is -0.788. The van der Waals surface area contributed by atoms with E-state index in [1.54, 1.807) is 0 Å². The summed E-state index contributed by atoms with van der Waals surface area (Å²) >= 11 is 0. The maximum Gasteiger partial charge on any atom is 0.0915 e. The van der Waals surface area contributed by atoms with Gasteiger partial charge in [0.2, 0.25) is 0 Å². The lowest BCUT2D eigenvalue weighted by atomic mass is 9.86. The van der Waals surface area contributed by atoms with Crippen molar-refractivity contribution in [3.63, 3.8) is 0 Å². The minimum absolute atomic E-state index is 0.545. The first kappa shape index (κ1) is 10.8. The Kier molecular flexibility index (Phi) is 3.17. The standard InChI is InChI=1S/C12H22Si/c1-10(2)12(5,11(3)4)13-8-6-7-9-13/h6-11,13H,1-5H3. The van der Waals surface area contributed by atoms with Crippen molar-refractivity contribution < 1.29 is 0 Å². The molecule has 0 atom stereocenters. The molecule has 0 nitrogen and oxygen atoms in total. The molecule has 0 fully saturated rings. The first-order valence-corrected chi connectivity index (χ1v) is 7.25. The summed E-state index contributed by atoms with van der Waals surface area (Å²) in [6.07, 6.45) is 4.47.